The zero-order chi connectivity index (χ0) is 14.3. The van der Waals surface area contributed by atoms with Gasteiger partial charge >= 0.3 is 11.9 Å². The lowest BCUT2D eigenvalue weighted by Crippen LogP contribution is -2.35. The van der Waals surface area contributed by atoms with Gasteiger partial charge in [0.1, 0.15) is 0 Å². The van der Waals surface area contributed by atoms with Gasteiger partial charge in [0.2, 0.25) is 0 Å². The van der Waals surface area contributed by atoms with E-state index in [1.807, 2.05) is 12.3 Å². The third-order valence-corrected chi connectivity index (χ3v) is 3.49. The Hall–Kier alpha value is -1.47. The van der Waals surface area contributed by atoms with Crippen LogP contribution in [0.5, 0.6) is 0 Å². The van der Waals surface area contributed by atoms with E-state index in [0.717, 1.165) is 17.1 Å². The number of aryl methyl sites for hydroxylation is 1. The Balaban J connectivity index is 2.66. The number of hydrogen-bond acceptors (Lipinski definition) is 7. The first kappa shape index (κ1) is 15.6. The van der Waals surface area contributed by atoms with E-state index in [4.69, 9.17) is 0 Å². The molecule has 0 saturated heterocycles. The van der Waals surface area contributed by atoms with Crippen molar-refractivity contribution in [3.05, 3.63) is 16.1 Å². The lowest BCUT2D eigenvalue weighted by Gasteiger charge is -2.18. The summed E-state index contributed by atoms with van der Waals surface area (Å²) < 4.78 is 9.22. The van der Waals surface area contributed by atoms with Crippen molar-refractivity contribution in [2.75, 3.05) is 27.3 Å². The van der Waals surface area contributed by atoms with Crippen molar-refractivity contribution in [2.45, 2.75) is 19.9 Å². The average molecular weight is 286 g/mol. The monoisotopic (exact) mass is 286 g/mol. The number of ether oxygens (including phenoxy) is 2. The van der Waals surface area contributed by atoms with E-state index < -0.39 is 11.9 Å². The zero-order valence-corrected chi connectivity index (χ0v) is 12.2. The number of aromatic nitrogens is 1. The van der Waals surface area contributed by atoms with Crippen LogP contribution in [-0.2, 0) is 32.0 Å². The average Bonchev–Trinajstić information content (AvgIpc) is 2.85. The van der Waals surface area contributed by atoms with E-state index in [1.165, 1.54) is 14.2 Å². The van der Waals surface area contributed by atoms with Gasteiger partial charge in [0.15, 0.2) is 0 Å². The summed E-state index contributed by atoms with van der Waals surface area (Å²) in [6.07, 6.45) is 0.874. The van der Waals surface area contributed by atoms with Crippen LogP contribution in [0.3, 0.4) is 0 Å². The predicted octanol–water partition coefficient (Wildman–Crippen LogP) is 0.853. The first-order valence-electron chi connectivity index (χ1n) is 5.88. The Morgan fingerprint density at radius 3 is 2.26 bits per heavy atom. The molecule has 106 valence electrons. The molecule has 0 saturated carbocycles. The Kier molecular flexibility index (Phi) is 6.44. The first-order valence-corrected chi connectivity index (χ1v) is 6.76. The van der Waals surface area contributed by atoms with Crippen LogP contribution in [0.15, 0.2) is 5.38 Å². The number of thiazole rings is 1. The normalized spacial score (nSPS) is 10.5. The third kappa shape index (κ3) is 5.35. The topological polar surface area (TPSA) is 68.7 Å². The SMILES string of the molecule is CCc1nc(CN(CC(=O)OC)CC(=O)OC)cs1. The summed E-state index contributed by atoms with van der Waals surface area (Å²) in [5.74, 6) is -0.787. The highest BCUT2D eigenvalue weighted by atomic mass is 32.1. The summed E-state index contributed by atoms with van der Waals surface area (Å²) in [5, 5.41) is 2.96. The smallest absolute Gasteiger partial charge is 0.319 e. The minimum Gasteiger partial charge on any atom is -0.468 e. The van der Waals surface area contributed by atoms with Gasteiger partial charge in [-0.05, 0) is 6.42 Å². The highest BCUT2D eigenvalue weighted by molar-refractivity contribution is 7.09. The van der Waals surface area contributed by atoms with Gasteiger partial charge in [-0.15, -0.1) is 11.3 Å². The molecular formula is C12H18N2O4S. The van der Waals surface area contributed by atoms with E-state index in [2.05, 4.69) is 14.5 Å². The van der Waals surface area contributed by atoms with Crippen LogP contribution >= 0.6 is 11.3 Å². The van der Waals surface area contributed by atoms with Gasteiger partial charge in [0.05, 0.1) is 38.0 Å². The second-order valence-corrected chi connectivity index (χ2v) is 4.83. The van der Waals surface area contributed by atoms with Crippen molar-refractivity contribution < 1.29 is 19.1 Å². The highest BCUT2D eigenvalue weighted by Crippen LogP contribution is 2.12. The van der Waals surface area contributed by atoms with Crippen molar-refractivity contribution in [3.63, 3.8) is 0 Å². The molecule has 0 aliphatic carbocycles. The lowest BCUT2D eigenvalue weighted by atomic mass is 10.4. The van der Waals surface area contributed by atoms with E-state index in [0.29, 0.717) is 6.54 Å². The minimum atomic E-state index is -0.394. The third-order valence-electron chi connectivity index (χ3n) is 2.45. The van der Waals surface area contributed by atoms with Gasteiger partial charge in [-0.3, -0.25) is 14.5 Å². The molecule has 0 fully saturated rings. The molecule has 0 spiro atoms. The fourth-order valence-corrected chi connectivity index (χ4v) is 2.21. The number of rotatable bonds is 7. The van der Waals surface area contributed by atoms with E-state index in [-0.39, 0.29) is 13.1 Å². The van der Waals surface area contributed by atoms with Crippen LogP contribution in [0, 0.1) is 0 Å². The summed E-state index contributed by atoms with van der Waals surface area (Å²) >= 11 is 1.57. The maximum Gasteiger partial charge on any atom is 0.319 e. The molecular weight excluding hydrogens is 268 g/mol. The number of carbonyl (C=O) groups excluding carboxylic acids is 2. The highest BCUT2D eigenvalue weighted by Gasteiger charge is 2.17. The van der Waals surface area contributed by atoms with Gasteiger partial charge < -0.3 is 9.47 Å². The van der Waals surface area contributed by atoms with Gasteiger partial charge in [-0.2, -0.15) is 0 Å². The molecule has 6 nitrogen and oxygen atoms in total. The van der Waals surface area contributed by atoms with Crippen molar-refractivity contribution in [2.24, 2.45) is 0 Å². The van der Waals surface area contributed by atoms with Gasteiger partial charge in [0.25, 0.3) is 0 Å². The summed E-state index contributed by atoms with van der Waals surface area (Å²) in [6.45, 7) is 2.51. The molecule has 7 heteroatoms. The van der Waals surface area contributed by atoms with Crippen LogP contribution < -0.4 is 0 Å². The minimum absolute atomic E-state index is 0.0323. The van der Waals surface area contributed by atoms with Crippen molar-refractivity contribution in [1.29, 1.82) is 0 Å². The Labute approximate surface area is 116 Å². The molecule has 0 radical (unpaired) electrons. The van der Waals surface area contributed by atoms with Crippen LogP contribution in [0.25, 0.3) is 0 Å². The van der Waals surface area contributed by atoms with Crippen molar-refractivity contribution in [3.8, 4) is 0 Å². The predicted molar refractivity (Wildman–Crippen MR) is 70.8 cm³/mol. The maximum absolute atomic E-state index is 11.3. The molecule has 19 heavy (non-hydrogen) atoms. The molecule has 0 aliphatic rings. The Morgan fingerprint density at radius 1 is 1.26 bits per heavy atom. The van der Waals surface area contributed by atoms with Crippen LogP contribution in [0.2, 0.25) is 0 Å². The molecule has 1 aromatic rings. The van der Waals surface area contributed by atoms with Crippen LogP contribution in [0.1, 0.15) is 17.6 Å². The number of esters is 2. The number of hydrogen-bond donors (Lipinski definition) is 0. The number of nitrogens with zero attached hydrogens (tertiary/aromatic N) is 2. The quantitative estimate of drug-likeness (QED) is 0.692. The molecule has 0 aliphatic heterocycles. The molecule has 1 heterocycles. The van der Waals surface area contributed by atoms with Crippen LogP contribution in [-0.4, -0.2) is 49.1 Å². The molecule has 0 N–H and O–H groups in total. The van der Waals surface area contributed by atoms with Crippen molar-refractivity contribution in [1.82, 2.24) is 9.88 Å². The molecule has 1 rings (SSSR count). The zero-order valence-electron chi connectivity index (χ0n) is 11.3. The van der Waals surface area contributed by atoms with Crippen LogP contribution in [0.4, 0.5) is 0 Å². The fraction of sp³-hybridized carbons (Fsp3) is 0.583. The molecule has 0 amide bonds. The fourth-order valence-electron chi connectivity index (χ4n) is 1.47. The van der Waals surface area contributed by atoms with Crippen molar-refractivity contribution >= 4 is 23.3 Å². The Morgan fingerprint density at radius 2 is 1.84 bits per heavy atom. The molecule has 1 aromatic heterocycles. The largest absolute Gasteiger partial charge is 0.468 e. The Bertz CT molecular complexity index is 415. The molecule has 0 aromatic carbocycles. The second-order valence-electron chi connectivity index (χ2n) is 3.88. The maximum atomic E-state index is 11.3. The van der Waals surface area contributed by atoms with E-state index in [9.17, 15) is 9.59 Å². The number of methoxy groups -OCH3 is 2. The molecule has 0 bridgehead atoms. The van der Waals surface area contributed by atoms with Gasteiger partial charge in [-0.25, -0.2) is 4.98 Å². The summed E-state index contributed by atoms with van der Waals surface area (Å²) in [4.78, 5) is 28.7. The second kappa shape index (κ2) is 7.85. The molecule has 0 atom stereocenters. The van der Waals surface area contributed by atoms with E-state index >= 15 is 0 Å². The number of carbonyl (C=O) groups is 2. The summed E-state index contributed by atoms with van der Waals surface area (Å²) in [7, 11) is 2.63. The first-order chi connectivity index (χ1) is 9.08. The molecule has 0 unspecified atom stereocenters. The standard InChI is InChI=1S/C12H18N2O4S/c1-4-10-13-9(8-19-10)5-14(6-11(15)17-2)7-12(16)18-3/h8H,4-7H2,1-3H3. The summed E-state index contributed by atoms with van der Waals surface area (Å²) in [5.41, 5.74) is 0.842. The van der Waals surface area contributed by atoms with E-state index in [1.54, 1.807) is 16.2 Å². The van der Waals surface area contributed by atoms with Gasteiger partial charge in [-0.1, -0.05) is 6.92 Å². The lowest BCUT2D eigenvalue weighted by molar-refractivity contribution is -0.145. The van der Waals surface area contributed by atoms with Gasteiger partial charge in [0, 0.05) is 11.9 Å². The summed E-state index contributed by atoms with van der Waals surface area (Å²) in [6, 6.07) is 0.